The number of nitrogens with zero attached hydrogens (tertiary/aromatic N) is 7. The van der Waals surface area contributed by atoms with Crippen molar-refractivity contribution in [1.82, 2.24) is 29.2 Å². The molecule has 0 radical (unpaired) electrons. The van der Waals surface area contributed by atoms with Crippen LogP contribution in [0, 0.1) is 32.3 Å². The quantitative estimate of drug-likeness (QED) is 0.0537. The third kappa shape index (κ3) is 11.2. The molecule has 0 amide bonds. The van der Waals surface area contributed by atoms with Gasteiger partial charge in [0, 0.05) is 60.3 Å². The number of benzene rings is 3. The van der Waals surface area contributed by atoms with E-state index in [2.05, 4.69) is 35.6 Å². The van der Waals surface area contributed by atoms with Crippen LogP contribution >= 0.6 is 11.6 Å². The van der Waals surface area contributed by atoms with Crippen LogP contribution in [0.25, 0.3) is 38.7 Å². The number of ether oxygens (including phenoxy) is 1. The molecule has 2 fully saturated rings. The van der Waals surface area contributed by atoms with Crippen molar-refractivity contribution in [3.8, 4) is 34.1 Å². The number of Topliss-reactive ketones (excluding diaryl/α,β-unsaturated/α-hetero) is 2. The zero-order valence-corrected chi connectivity index (χ0v) is 38.8. The molecule has 0 spiro atoms. The highest BCUT2D eigenvalue weighted by Gasteiger charge is 2.27. The molecule has 340 valence electrons. The molecular weight excluding hydrogens is 854 g/mol. The second-order valence-electron chi connectivity index (χ2n) is 18.8. The van der Waals surface area contributed by atoms with Gasteiger partial charge in [0.05, 0.1) is 52.9 Å². The zero-order chi connectivity index (χ0) is 46.9. The molecule has 0 atom stereocenters. The van der Waals surface area contributed by atoms with Crippen molar-refractivity contribution in [3.63, 3.8) is 0 Å². The fraction of sp³-hybridized carbons (Fsp3) is 0.353. The van der Waals surface area contributed by atoms with E-state index in [0.29, 0.717) is 82.9 Å². The Labute approximate surface area is 388 Å². The highest BCUT2D eigenvalue weighted by atomic mass is 35.5. The number of anilines is 2. The van der Waals surface area contributed by atoms with Crippen molar-refractivity contribution >= 4 is 51.5 Å². The summed E-state index contributed by atoms with van der Waals surface area (Å²) in [6.07, 6.45) is 9.36. The lowest BCUT2D eigenvalue weighted by molar-refractivity contribution is 0.0939. The molecule has 0 aliphatic heterocycles. The van der Waals surface area contributed by atoms with Gasteiger partial charge in [-0.15, -0.1) is 5.10 Å². The SMILES string of the molecule is Cc1cc(-c2cnc3c(NCC(C)(C)O)cc(Cl)nn23)ccc1C(=O)CC1CC1.[C-]#[N+]c1cccc(Oc2cc(NCC(C)(C)O)c3ncc(-c4ccc(C(=O)CC5CC5)c(C)c4)n3n2)c1. The third-order valence-corrected chi connectivity index (χ3v) is 11.6. The summed E-state index contributed by atoms with van der Waals surface area (Å²) in [6.45, 7) is 18.7. The van der Waals surface area contributed by atoms with E-state index < -0.39 is 11.2 Å². The van der Waals surface area contributed by atoms with Crippen molar-refractivity contribution < 1.29 is 24.5 Å². The predicted octanol–water partition coefficient (Wildman–Crippen LogP) is 10.7. The van der Waals surface area contributed by atoms with Crippen LogP contribution < -0.4 is 15.4 Å². The number of aryl methyl sites for hydroxylation is 2. The summed E-state index contributed by atoms with van der Waals surface area (Å²) in [7, 11) is 0. The molecule has 4 N–H and O–H groups in total. The molecule has 9 rings (SSSR count). The summed E-state index contributed by atoms with van der Waals surface area (Å²) < 4.78 is 9.41. The van der Waals surface area contributed by atoms with Crippen LogP contribution in [-0.4, -0.2) is 75.3 Å². The lowest BCUT2D eigenvalue weighted by Gasteiger charge is -2.19. The van der Waals surface area contributed by atoms with Gasteiger partial charge in [0.25, 0.3) is 0 Å². The number of carbonyl (C=O) groups excluding carboxylic acids is 2. The highest BCUT2D eigenvalue weighted by Crippen LogP contribution is 2.36. The lowest BCUT2D eigenvalue weighted by atomic mass is 9.98. The fourth-order valence-corrected chi connectivity index (χ4v) is 7.79. The number of halogens is 1. The van der Waals surface area contributed by atoms with E-state index >= 15 is 0 Å². The summed E-state index contributed by atoms with van der Waals surface area (Å²) >= 11 is 6.24. The molecule has 0 bridgehead atoms. The molecule has 3 aromatic carbocycles. The Hall–Kier alpha value is -6.66. The van der Waals surface area contributed by atoms with Crippen molar-refractivity contribution in [3.05, 3.63) is 124 Å². The number of aliphatic hydroxyl groups is 2. The highest BCUT2D eigenvalue weighted by molar-refractivity contribution is 6.29. The molecule has 0 saturated heterocycles. The van der Waals surface area contributed by atoms with Crippen molar-refractivity contribution in [2.75, 3.05) is 23.7 Å². The molecule has 2 saturated carbocycles. The molecule has 0 unspecified atom stereocenters. The molecule has 15 heteroatoms. The monoisotopic (exact) mass is 907 g/mol. The fourth-order valence-electron chi connectivity index (χ4n) is 7.61. The smallest absolute Gasteiger partial charge is 0.239 e. The third-order valence-electron chi connectivity index (χ3n) is 11.5. The topological polar surface area (TPSA) is 173 Å². The zero-order valence-electron chi connectivity index (χ0n) is 38.0. The number of rotatable bonds is 16. The van der Waals surface area contributed by atoms with Gasteiger partial charge in [-0.25, -0.2) is 23.8 Å². The van der Waals surface area contributed by atoms with Crippen molar-refractivity contribution in [1.29, 1.82) is 0 Å². The van der Waals surface area contributed by atoms with Gasteiger partial charge in [-0.3, -0.25) is 9.59 Å². The van der Waals surface area contributed by atoms with Crippen LogP contribution in [0.4, 0.5) is 17.1 Å². The molecule has 4 heterocycles. The first-order valence-corrected chi connectivity index (χ1v) is 22.6. The standard InChI is InChI=1S/C29H29N5O3.C22H25ClN4O2/c1-18-12-20(10-11-23(18)26(35)13-19-8-9-19)25-16-31-28-24(32-17-29(2,3)36)15-27(33-34(25)28)37-22-7-5-6-21(14-22)30-4;1-13-8-15(6-7-16(13)19(28)9-14-4-5-14)18-11-24-21-17(25-12-22(2,3)29)10-20(23)26-27(18)21/h5-7,10-12,14-16,19,32,36H,8-9,13,17H2,1-3H3;6-8,10-11,14,25,29H,4-5,9,12H2,1-3H3. The normalized spacial score (nSPS) is 13.8. The number of aromatic nitrogens is 6. The first-order valence-electron chi connectivity index (χ1n) is 22.2. The molecule has 2 aliphatic rings. The summed E-state index contributed by atoms with van der Waals surface area (Å²) in [5, 5.41) is 36.1. The largest absolute Gasteiger partial charge is 0.439 e. The second kappa shape index (κ2) is 18.7. The molecule has 2 aliphatic carbocycles. The van der Waals surface area contributed by atoms with E-state index in [1.165, 1.54) is 12.8 Å². The van der Waals surface area contributed by atoms with Gasteiger partial charge in [-0.2, -0.15) is 5.10 Å². The first kappa shape index (κ1) is 45.9. The van der Waals surface area contributed by atoms with Gasteiger partial charge in [0.2, 0.25) is 5.88 Å². The minimum absolute atomic E-state index is 0.193. The number of carbonyl (C=O) groups is 2. The number of ketones is 2. The summed E-state index contributed by atoms with van der Waals surface area (Å²) in [5.74, 6) is 2.32. The Bertz CT molecular complexity index is 3000. The Morgan fingerprint density at radius 1 is 0.742 bits per heavy atom. The van der Waals surface area contributed by atoms with Crippen LogP contribution in [-0.2, 0) is 0 Å². The second-order valence-corrected chi connectivity index (χ2v) is 19.2. The number of hydrogen-bond donors (Lipinski definition) is 4. The molecule has 14 nitrogen and oxygen atoms in total. The lowest BCUT2D eigenvalue weighted by Crippen LogP contribution is -2.29. The minimum Gasteiger partial charge on any atom is -0.439 e. The van der Waals surface area contributed by atoms with Gasteiger partial charge >= 0.3 is 0 Å². The molecular formula is C51H54ClN9O5. The predicted molar refractivity (Wildman–Crippen MR) is 257 cm³/mol. The Kier molecular flexibility index (Phi) is 13.0. The van der Waals surface area contributed by atoms with Crippen LogP contribution in [0.1, 0.15) is 98.1 Å². The van der Waals surface area contributed by atoms with Crippen molar-refractivity contribution in [2.24, 2.45) is 11.8 Å². The van der Waals surface area contributed by atoms with E-state index in [0.717, 1.165) is 57.6 Å². The molecule has 4 aromatic heterocycles. The molecule has 66 heavy (non-hydrogen) atoms. The van der Waals surface area contributed by atoms with E-state index in [4.69, 9.17) is 22.9 Å². The van der Waals surface area contributed by atoms with Crippen LogP contribution in [0.2, 0.25) is 5.15 Å². The average molecular weight is 909 g/mol. The minimum atomic E-state index is -0.944. The van der Waals surface area contributed by atoms with E-state index in [1.807, 2.05) is 50.2 Å². The number of fused-ring (bicyclic) bond motifs is 2. The summed E-state index contributed by atoms with van der Waals surface area (Å²) in [4.78, 5) is 37.7. The van der Waals surface area contributed by atoms with Crippen molar-refractivity contribution in [2.45, 2.75) is 91.3 Å². The summed E-state index contributed by atoms with van der Waals surface area (Å²) in [5.41, 5.74) is 7.93. The van der Waals surface area contributed by atoms with E-state index in [1.54, 1.807) is 85.5 Å². The summed E-state index contributed by atoms with van der Waals surface area (Å²) in [6, 6.07) is 21.9. The van der Waals surface area contributed by atoms with Crippen LogP contribution in [0.5, 0.6) is 11.6 Å². The van der Waals surface area contributed by atoms with Gasteiger partial charge in [-0.05, 0) is 114 Å². The van der Waals surface area contributed by atoms with Gasteiger partial charge in [0.15, 0.2) is 33.7 Å². The van der Waals surface area contributed by atoms with Gasteiger partial charge in [-0.1, -0.05) is 48.0 Å². The molecule has 7 aromatic rings. The number of nitrogens with one attached hydrogen (secondary N) is 2. The Morgan fingerprint density at radius 3 is 1.71 bits per heavy atom. The van der Waals surface area contributed by atoms with Crippen LogP contribution in [0.3, 0.4) is 0 Å². The van der Waals surface area contributed by atoms with Gasteiger partial charge < -0.3 is 25.6 Å². The number of imidazole rings is 2. The van der Waals surface area contributed by atoms with E-state index in [9.17, 15) is 19.8 Å². The number of hydrogen-bond acceptors (Lipinski definition) is 11. The first-order chi connectivity index (χ1) is 31.4. The average Bonchev–Trinajstić information content (AvgIpc) is 4.18. The maximum atomic E-state index is 12.7. The Balaban J connectivity index is 0.000000185. The van der Waals surface area contributed by atoms with Gasteiger partial charge in [0.1, 0.15) is 5.75 Å². The maximum absolute atomic E-state index is 12.7. The Morgan fingerprint density at radius 2 is 1.24 bits per heavy atom. The van der Waals surface area contributed by atoms with Crippen LogP contribution in [0.15, 0.2) is 85.2 Å². The van der Waals surface area contributed by atoms with E-state index in [-0.39, 0.29) is 11.6 Å². The maximum Gasteiger partial charge on any atom is 0.239 e.